The Morgan fingerprint density at radius 2 is 1.91 bits per heavy atom. The molecule has 7 nitrogen and oxygen atoms in total. The van der Waals surface area contributed by atoms with Crippen LogP contribution < -0.4 is 5.32 Å². The molecule has 1 amide bonds. The van der Waals surface area contributed by atoms with E-state index in [1.807, 2.05) is 6.07 Å². The van der Waals surface area contributed by atoms with Gasteiger partial charge in [-0.1, -0.05) is 36.4 Å². The van der Waals surface area contributed by atoms with Crippen molar-refractivity contribution >= 4 is 17.7 Å². The largest absolute Gasteiger partial charge is 0.483 e. The summed E-state index contributed by atoms with van der Waals surface area (Å²) in [7, 11) is 0. The van der Waals surface area contributed by atoms with E-state index in [4.69, 9.17) is 14.2 Å². The van der Waals surface area contributed by atoms with Crippen LogP contribution in [0.3, 0.4) is 0 Å². The fraction of sp³-hybridized carbons (Fsp3) is 0.261. The van der Waals surface area contributed by atoms with Gasteiger partial charge in [0.25, 0.3) is 5.76 Å². The maximum atomic E-state index is 13.8. The van der Waals surface area contributed by atoms with E-state index in [1.165, 1.54) is 6.07 Å². The summed E-state index contributed by atoms with van der Waals surface area (Å²) in [6.45, 7) is 0.938. The van der Waals surface area contributed by atoms with Crippen LogP contribution >= 0.6 is 0 Å². The summed E-state index contributed by atoms with van der Waals surface area (Å²) in [6, 6.07) is 11.8. The molecule has 9 heteroatoms. The lowest BCUT2D eigenvalue weighted by Crippen LogP contribution is -2.42. The van der Waals surface area contributed by atoms with Crippen molar-refractivity contribution in [3.05, 3.63) is 82.8 Å². The van der Waals surface area contributed by atoms with Gasteiger partial charge in [0.05, 0.1) is 6.61 Å². The number of hydrogen-bond acceptors (Lipinski definition) is 6. The Hall–Kier alpha value is -3.75. The molecule has 32 heavy (non-hydrogen) atoms. The SMILES string of the molecule is CCOC(=O)C1=C(OCc2ccccc2)C(=O)C(C(=O)NCc2ccc(F)cc2F)CO1. The van der Waals surface area contributed by atoms with Crippen LogP contribution in [0.2, 0.25) is 0 Å². The molecule has 1 heterocycles. The molecule has 0 bridgehead atoms. The summed E-state index contributed by atoms with van der Waals surface area (Å²) in [5.74, 6) is -6.08. The molecule has 1 unspecified atom stereocenters. The number of carbonyl (C=O) groups is 3. The fourth-order valence-corrected chi connectivity index (χ4v) is 2.96. The number of ketones is 1. The number of ether oxygens (including phenoxy) is 3. The van der Waals surface area contributed by atoms with Crippen LogP contribution in [0, 0.1) is 17.6 Å². The fourth-order valence-electron chi connectivity index (χ4n) is 2.96. The highest BCUT2D eigenvalue weighted by Crippen LogP contribution is 2.24. The Morgan fingerprint density at radius 3 is 2.59 bits per heavy atom. The van der Waals surface area contributed by atoms with Crippen molar-refractivity contribution in [1.29, 1.82) is 0 Å². The Bertz CT molecular complexity index is 1040. The first-order valence-electron chi connectivity index (χ1n) is 9.87. The zero-order valence-electron chi connectivity index (χ0n) is 17.2. The summed E-state index contributed by atoms with van der Waals surface area (Å²) in [5.41, 5.74) is 0.779. The molecule has 1 aliphatic rings. The molecule has 0 fully saturated rings. The number of nitrogens with one attached hydrogen (secondary N) is 1. The van der Waals surface area contributed by atoms with Crippen molar-refractivity contribution in [2.45, 2.75) is 20.1 Å². The lowest BCUT2D eigenvalue weighted by molar-refractivity contribution is -0.149. The minimum absolute atomic E-state index is 0.0384. The summed E-state index contributed by atoms with van der Waals surface area (Å²) < 4.78 is 42.7. The Morgan fingerprint density at radius 1 is 1.16 bits per heavy atom. The van der Waals surface area contributed by atoms with Crippen molar-refractivity contribution in [2.24, 2.45) is 5.92 Å². The van der Waals surface area contributed by atoms with Crippen molar-refractivity contribution in [2.75, 3.05) is 13.2 Å². The van der Waals surface area contributed by atoms with E-state index in [2.05, 4.69) is 5.32 Å². The zero-order chi connectivity index (χ0) is 23.1. The second kappa shape index (κ2) is 10.5. The monoisotopic (exact) mass is 445 g/mol. The third kappa shape index (κ3) is 5.48. The lowest BCUT2D eigenvalue weighted by Gasteiger charge is -2.25. The van der Waals surface area contributed by atoms with Gasteiger partial charge in [-0.15, -0.1) is 0 Å². The molecular formula is C23H21F2NO6. The molecule has 1 aliphatic heterocycles. The molecule has 2 aromatic carbocycles. The molecule has 1 N–H and O–H groups in total. The number of halogens is 2. The van der Waals surface area contributed by atoms with Crippen molar-refractivity contribution in [3.63, 3.8) is 0 Å². The Labute approximate surface area is 183 Å². The van der Waals surface area contributed by atoms with Crippen LogP contribution in [-0.4, -0.2) is 30.9 Å². The van der Waals surface area contributed by atoms with E-state index in [9.17, 15) is 23.2 Å². The first-order valence-corrected chi connectivity index (χ1v) is 9.87. The molecule has 0 radical (unpaired) electrons. The van der Waals surface area contributed by atoms with Gasteiger partial charge in [0, 0.05) is 18.2 Å². The molecule has 0 spiro atoms. The molecule has 0 saturated heterocycles. The molecule has 0 aromatic heterocycles. The summed E-state index contributed by atoms with van der Waals surface area (Å²) in [4.78, 5) is 37.8. The van der Waals surface area contributed by atoms with E-state index in [0.717, 1.165) is 11.6 Å². The van der Waals surface area contributed by atoms with Gasteiger partial charge in [-0.3, -0.25) is 9.59 Å². The highest BCUT2D eigenvalue weighted by molar-refractivity contribution is 6.12. The molecule has 0 saturated carbocycles. The van der Waals surface area contributed by atoms with Crippen molar-refractivity contribution < 1.29 is 37.4 Å². The topological polar surface area (TPSA) is 90.9 Å². The van der Waals surface area contributed by atoms with Crippen LogP contribution in [0.5, 0.6) is 0 Å². The maximum Gasteiger partial charge on any atom is 0.377 e. The van der Waals surface area contributed by atoms with Crippen LogP contribution in [0.1, 0.15) is 18.1 Å². The first-order chi connectivity index (χ1) is 15.4. The Balaban J connectivity index is 1.74. The summed E-state index contributed by atoms with van der Waals surface area (Å²) in [6.07, 6.45) is 0. The number of esters is 1. The van der Waals surface area contributed by atoms with E-state index >= 15 is 0 Å². The standard InChI is InChI=1S/C23H21F2NO6/c1-2-30-23(29)21-20(31-12-14-6-4-3-5-7-14)19(27)17(13-32-21)22(28)26-11-15-8-9-16(24)10-18(15)25/h3-10,17H,2,11-13H2,1H3,(H,26,28). The van der Waals surface area contributed by atoms with E-state index in [1.54, 1.807) is 31.2 Å². The second-order valence-corrected chi connectivity index (χ2v) is 6.83. The smallest absolute Gasteiger partial charge is 0.377 e. The number of hydrogen-bond donors (Lipinski definition) is 1. The number of Topliss-reactive ketones (excluding diaryl/α,β-unsaturated/α-hetero) is 1. The number of rotatable bonds is 8. The number of allylic oxidation sites excluding steroid dienone is 1. The van der Waals surface area contributed by atoms with Gasteiger partial charge in [0.1, 0.15) is 30.8 Å². The zero-order valence-corrected chi connectivity index (χ0v) is 17.2. The average molecular weight is 445 g/mol. The second-order valence-electron chi connectivity index (χ2n) is 6.83. The van der Waals surface area contributed by atoms with Crippen LogP contribution in [-0.2, 0) is 41.7 Å². The minimum Gasteiger partial charge on any atom is -0.483 e. The van der Waals surface area contributed by atoms with Crippen LogP contribution in [0.15, 0.2) is 60.0 Å². The van der Waals surface area contributed by atoms with Gasteiger partial charge in [-0.25, -0.2) is 13.6 Å². The van der Waals surface area contributed by atoms with E-state index in [-0.39, 0.29) is 25.3 Å². The minimum atomic E-state index is -1.32. The predicted octanol–water partition coefficient (Wildman–Crippen LogP) is 2.79. The summed E-state index contributed by atoms with van der Waals surface area (Å²) in [5, 5.41) is 2.43. The van der Waals surface area contributed by atoms with E-state index < -0.39 is 53.3 Å². The predicted molar refractivity (Wildman–Crippen MR) is 108 cm³/mol. The normalized spacial score (nSPS) is 15.7. The molecule has 0 aliphatic carbocycles. The van der Waals surface area contributed by atoms with Crippen LogP contribution in [0.25, 0.3) is 0 Å². The van der Waals surface area contributed by atoms with Crippen molar-refractivity contribution in [1.82, 2.24) is 5.32 Å². The average Bonchev–Trinajstić information content (AvgIpc) is 2.78. The molecule has 2 aromatic rings. The Kier molecular flexibility index (Phi) is 7.54. The highest BCUT2D eigenvalue weighted by Gasteiger charge is 2.40. The van der Waals surface area contributed by atoms with Gasteiger partial charge in [0.2, 0.25) is 17.4 Å². The number of benzene rings is 2. The van der Waals surface area contributed by atoms with Gasteiger partial charge in [0.15, 0.2) is 0 Å². The van der Waals surface area contributed by atoms with Crippen molar-refractivity contribution in [3.8, 4) is 0 Å². The summed E-state index contributed by atoms with van der Waals surface area (Å²) >= 11 is 0. The van der Waals surface area contributed by atoms with Gasteiger partial charge in [-0.2, -0.15) is 0 Å². The maximum absolute atomic E-state index is 13.8. The van der Waals surface area contributed by atoms with E-state index in [0.29, 0.717) is 6.07 Å². The quantitative estimate of drug-likeness (QED) is 0.496. The van der Waals surface area contributed by atoms with Gasteiger partial charge in [-0.05, 0) is 18.6 Å². The molecular weight excluding hydrogens is 424 g/mol. The lowest BCUT2D eigenvalue weighted by atomic mass is 9.99. The first kappa shape index (κ1) is 22.9. The van der Waals surface area contributed by atoms with Gasteiger partial charge < -0.3 is 19.5 Å². The van der Waals surface area contributed by atoms with Gasteiger partial charge >= 0.3 is 5.97 Å². The third-order valence-electron chi connectivity index (χ3n) is 4.61. The number of carbonyl (C=O) groups excluding carboxylic acids is 3. The molecule has 168 valence electrons. The highest BCUT2D eigenvalue weighted by atomic mass is 19.1. The number of amides is 1. The molecule has 3 rings (SSSR count). The molecule has 1 atom stereocenters. The third-order valence-corrected chi connectivity index (χ3v) is 4.61. The van der Waals surface area contributed by atoms with Crippen LogP contribution in [0.4, 0.5) is 8.78 Å².